The molecule has 0 aliphatic carbocycles. The van der Waals surface area contributed by atoms with Crippen molar-refractivity contribution >= 4 is 23.7 Å². The van der Waals surface area contributed by atoms with E-state index in [1.807, 2.05) is 0 Å². The Morgan fingerprint density at radius 3 is 2.29 bits per heavy atom. The third kappa shape index (κ3) is 6.66. The largest absolute Gasteiger partial charge is 0.480 e. The molecular weight excluding hydrogens is 456 g/mol. The molecule has 1 saturated heterocycles. The minimum atomic E-state index is -1.17. The summed E-state index contributed by atoms with van der Waals surface area (Å²) in [6, 6.07) is -3.82. The molecule has 13 heteroatoms. The van der Waals surface area contributed by atoms with Crippen LogP contribution in [0, 0.1) is 5.92 Å². The van der Waals surface area contributed by atoms with Crippen molar-refractivity contribution in [1.29, 1.82) is 0 Å². The van der Waals surface area contributed by atoms with E-state index in [4.69, 9.17) is 5.73 Å². The van der Waals surface area contributed by atoms with Crippen molar-refractivity contribution in [3.05, 3.63) is 36.4 Å². The number of carbonyl (C=O) groups excluding carboxylic acids is 3. The predicted octanol–water partition coefficient (Wildman–Crippen LogP) is -1.05. The number of H-pyrrole nitrogens is 2. The van der Waals surface area contributed by atoms with Gasteiger partial charge in [-0.1, -0.05) is 13.8 Å². The van der Waals surface area contributed by atoms with Crippen LogP contribution in [-0.4, -0.2) is 84.3 Å². The number of imidazole rings is 2. The van der Waals surface area contributed by atoms with Gasteiger partial charge in [-0.15, -0.1) is 0 Å². The molecule has 3 heterocycles. The molecule has 0 spiro atoms. The molecule has 190 valence electrons. The molecule has 2 aromatic rings. The highest BCUT2D eigenvalue weighted by atomic mass is 16.4. The molecular formula is C22H32N8O5. The second-order valence-corrected chi connectivity index (χ2v) is 8.99. The smallest absolute Gasteiger partial charge is 0.326 e. The summed E-state index contributed by atoms with van der Waals surface area (Å²) in [4.78, 5) is 65.8. The van der Waals surface area contributed by atoms with Crippen molar-refractivity contribution in [3.63, 3.8) is 0 Å². The number of nitrogens with zero attached hydrogens (tertiary/aromatic N) is 3. The molecule has 35 heavy (non-hydrogen) atoms. The average molecular weight is 489 g/mol. The van der Waals surface area contributed by atoms with Crippen LogP contribution in [0.5, 0.6) is 0 Å². The van der Waals surface area contributed by atoms with Crippen molar-refractivity contribution in [2.45, 2.75) is 63.7 Å². The van der Waals surface area contributed by atoms with E-state index in [1.165, 1.54) is 23.8 Å². The van der Waals surface area contributed by atoms with Crippen LogP contribution in [0.3, 0.4) is 0 Å². The van der Waals surface area contributed by atoms with Crippen LogP contribution >= 0.6 is 0 Å². The van der Waals surface area contributed by atoms with Gasteiger partial charge in [-0.25, -0.2) is 14.8 Å². The first-order valence-corrected chi connectivity index (χ1v) is 11.5. The van der Waals surface area contributed by atoms with Crippen LogP contribution in [0.2, 0.25) is 0 Å². The molecule has 0 aromatic carbocycles. The maximum atomic E-state index is 13.2. The van der Waals surface area contributed by atoms with Gasteiger partial charge in [-0.3, -0.25) is 14.4 Å². The summed E-state index contributed by atoms with van der Waals surface area (Å²) in [6.07, 6.45) is 7.41. The number of nitrogens with one attached hydrogen (secondary N) is 4. The minimum Gasteiger partial charge on any atom is -0.480 e. The lowest BCUT2D eigenvalue weighted by Gasteiger charge is -2.28. The zero-order chi connectivity index (χ0) is 25.5. The monoisotopic (exact) mass is 488 g/mol. The molecule has 0 saturated carbocycles. The number of carbonyl (C=O) groups is 4. The van der Waals surface area contributed by atoms with Gasteiger partial charge < -0.3 is 36.3 Å². The highest BCUT2D eigenvalue weighted by Crippen LogP contribution is 2.19. The minimum absolute atomic E-state index is 0.0714. The Labute approximate surface area is 202 Å². The molecule has 0 bridgehead atoms. The van der Waals surface area contributed by atoms with E-state index in [2.05, 4.69) is 30.6 Å². The summed E-state index contributed by atoms with van der Waals surface area (Å²) in [7, 11) is 0. The Hall–Kier alpha value is -3.74. The van der Waals surface area contributed by atoms with E-state index in [1.54, 1.807) is 20.0 Å². The van der Waals surface area contributed by atoms with E-state index in [-0.39, 0.29) is 24.7 Å². The zero-order valence-electron chi connectivity index (χ0n) is 19.7. The fourth-order valence-corrected chi connectivity index (χ4v) is 4.10. The van der Waals surface area contributed by atoms with Crippen LogP contribution in [0.15, 0.2) is 25.0 Å². The fourth-order valence-electron chi connectivity index (χ4n) is 4.10. The van der Waals surface area contributed by atoms with Gasteiger partial charge in [0.1, 0.15) is 18.1 Å². The lowest BCUT2D eigenvalue weighted by molar-refractivity contribution is -0.144. The predicted molar refractivity (Wildman–Crippen MR) is 124 cm³/mol. The van der Waals surface area contributed by atoms with Crippen molar-refractivity contribution in [2.75, 3.05) is 6.54 Å². The number of rotatable bonds is 11. The van der Waals surface area contributed by atoms with E-state index in [0.717, 1.165) is 0 Å². The molecule has 4 atom stereocenters. The maximum absolute atomic E-state index is 13.2. The summed E-state index contributed by atoms with van der Waals surface area (Å²) >= 11 is 0. The molecule has 7 N–H and O–H groups in total. The van der Waals surface area contributed by atoms with Gasteiger partial charge in [0.25, 0.3) is 0 Å². The van der Waals surface area contributed by atoms with Gasteiger partial charge in [0.05, 0.1) is 18.7 Å². The normalized spacial score (nSPS) is 18.2. The molecule has 2 aromatic heterocycles. The first kappa shape index (κ1) is 25.9. The number of hydrogen-bond acceptors (Lipinski definition) is 7. The van der Waals surface area contributed by atoms with E-state index in [0.29, 0.717) is 30.8 Å². The number of carboxylic acid groups (broad SMARTS) is 1. The number of amides is 3. The topological polar surface area (TPSA) is 199 Å². The van der Waals surface area contributed by atoms with Gasteiger partial charge in [-0.05, 0) is 18.8 Å². The Balaban J connectivity index is 1.70. The van der Waals surface area contributed by atoms with E-state index in [9.17, 15) is 24.3 Å². The SMILES string of the molecule is CC(C)C(NC(=O)C(Cc1cnc[nH]1)NC(=O)C1CCCN1C(=O)C(N)Cc1cnc[nH]1)C(=O)O. The average Bonchev–Trinajstić information content (AvgIpc) is 3.58. The quantitative estimate of drug-likeness (QED) is 0.230. The maximum Gasteiger partial charge on any atom is 0.326 e. The summed E-state index contributed by atoms with van der Waals surface area (Å²) < 4.78 is 0. The Morgan fingerprint density at radius 2 is 1.74 bits per heavy atom. The standard InChI is InChI=1S/C22H32N8O5/c1-12(2)18(22(34)35)29-19(31)16(7-14-9-25-11-27-14)28-20(32)17-4-3-5-30(17)21(33)15(23)6-13-8-24-10-26-13/h8-12,15-18H,3-7,23H2,1-2H3,(H,24,26)(H,25,27)(H,28,32)(H,29,31)(H,34,35). The number of carboxylic acids is 1. The Kier molecular flexibility index (Phi) is 8.58. The zero-order valence-corrected chi connectivity index (χ0v) is 19.7. The molecule has 3 rings (SSSR count). The number of aromatic nitrogens is 4. The van der Waals surface area contributed by atoms with E-state index < -0.39 is 42.0 Å². The van der Waals surface area contributed by atoms with Gasteiger partial charge >= 0.3 is 5.97 Å². The van der Waals surface area contributed by atoms with Crippen LogP contribution in [0.4, 0.5) is 0 Å². The second kappa shape index (κ2) is 11.6. The Bertz CT molecular complexity index is 1010. The van der Waals surface area contributed by atoms with E-state index >= 15 is 0 Å². The summed E-state index contributed by atoms with van der Waals surface area (Å²) in [5, 5.41) is 14.7. The molecule has 1 aliphatic rings. The second-order valence-electron chi connectivity index (χ2n) is 8.99. The molecule has 13 nitrogen and oxygen atoms in total. The highest BCUT2D eigenvalue weighted by molar-refractivity contribution is 5.94. The molecule has 0 radical (unpaired) electrons. The van der Waals surface area contributed by atoms with Crippen molar-refractivity contribution in [2.24, 2.45) is 11.7 Å². The number of aromatic amines is 2. The van der Waals surface area contributed by atoms with Gasteiger partial charge in [0, 0.05) is 43.2 Å². The van der Waals surface area contributed by atoms with Crippen molar-refractivity contribution < 1.29 is 24.3 Å². The molecule has 1 fully saturated rings. The molecule has 3 amide bonds. The number of nitrogens with two attached hydrogens (primary N) is 1. The third-order valence-electron chi connectivity index (χ3n) is 5.99. The first-order chi connectivity index (χ1) is 16.7. The van der Waals surface area contributed by atoms with Crippen LogP contribution in [0.1, 0.15) is 38.1 Å². The van der Waals surface area contributed by atoms with Gasteiger partial charge in [-0.2, -0.15) is 0 Å². The van der Waals surface area contributed by atoms with Crippen LogP contribution in [-0.2, 0) is 32.0 Å². The van der Waals surface area contributed by atoms with Gasteiger partial charge in [0.15, 0.2) is 0 Å². The Morgan fingerprint density at radius 1 is 1.11 bits per heavy atom. The highest BCUT2D eigenvalue weighted by Gasteiger charge is 2.38. The van der Waals surface area contributed by atoms with Crippen molar-refractivity contribution in [3.8, 4) is 0 Å². The summed E-state index contributed by atoms with van der Waals surface area (Å²) in [5.41, 5.74) is 7.40. The molecule has 4 unspecified atom stereocenters. The van der Waals surface area contributed by atoms with Gasteiger partial charge in [0.2, 0.25) is 17.7 Å². The molecule has 1 aliphatic heterocycles. The summed E-state index contributed by atoms with van der Waals surface area (Å²) in [6.45, 7) is 3.73. The number of hydrogen-bond donors (Lipinski definition) is 6. The van der Waals surface area contributed by atoms with Crippen molar-refractivity contribution in [1.82, 2.24) is 35.5 Å². The number of likely N-dealkylation sites (tertiary alicyclic amines) is 1. The number of aliphatic carboxylic acids is 1. The third-order valence-corrected chi connectivity index (χ3v) is 5.99. The van der Waals surface area contributed by atoms with Crippen LogP contribution in [0.25, 0.3) is 0 Å². The summed E-state index contributed by atoms with van der Waals surface area (Å²) in [5.74, 6) is -3.03. The fraction of sp³-hybridized carbons (Fsp3) is 0.545. The first-order valence-electron chi connectivity index (χ1n) is 11.5. The van der Waals surface area contributed by atoms with Crippen LogP contribution < -0.4 is 16.4 Å². The lowest BCUT2D eigenvalue weighted by atomic mass is 10.0. The lowest BCUT2D eigenvalue weighted by Crippen LogP contribution is -2.57.